The Morgan fingerprint density at radius 2 is 1.80 bits per heavy atom. The van der Waals surface area contributed by atoms with Gasteiger partial charge in [-0.25, -0.2) is 0 Å². The average Bonchev–Trinajstić information content (AvgIpc) is 3.37. The van der Waals surface area contributed by atoms with Crippen LogP contribution in [-0.2, 0) is 0 Å². The Balaban J connectivity index is 1.53. The van der Waals surface area contributed by atoms with Crippen LogP contribution in [0.4, 0.5) is 10.7 Å². The van der Waals surface area contributed by atoms with E-state index in [0.717, 1.165) is 37.1 Å². The number of nitrogens with zero attached hydrogens (tertiary/aromatic N) is 1. The quantitative estimate of drug-likeness (QED) is 0.338. The molecule has 0 aliphatic heterocycles. The van der Waals surface area contributed by atoms with Gasteiger partial charge in [-0.05, 0) is 60.8 Å². The second-order valence-corrected chi connectivity index (χ2v) is 8.20. The van der Waals surface area contributed by atoms with Crippen LogP contribution in [0.15, 0.2) is 64.4 Å². The number of rotatable bonds is 7. The number of hydrogen-bond donors (Lipinski definition) is 4. The molecule has 0 saturated heterocycles. The van der Waals surface area contributed by atoms with Crippen LogP contribution in [0.3, 0.4) is 0 Å². The number of benzene rings is 2. The zero-order valence-corrected chi connectivity index (χ0v) is 17.2. The summed E-state index contributed by atoms with van der Waals surface area (Å²) in [6.45, 7) is -0.0681. The van der Waals surface area contributed by atoms with Gasteiger partial charge in [-0.15, -0.1) is 0 Å². The maximum atomic E-state index is 12.4. The van der Waals surface area contributed by atoms with Gasteiger partial charge in [0, 0.05) is 5.69 Å². The highest BCUT2D eigenvalue weighted by molar-refractivity contribution is 7.10. The summed E-state index contributed by atoms with van der Waals surface area (Å²) in [5.74, 6) is 1.62. The Hall–Kier alpha value is -3.10. The molecule has 8 heteroatoms. The number of H-pyrrole nitrogens is 1. The molecule has 156 valence electrons. The lowest BCUT2D eigenvalue weighted by Crippen LogP contribution is -2.33. The number of aromatic nitrogens is 1. The Kier molecular flexibility index (Phi) is 5.87. The largest absolute Gasteiger partial charge is 0.457 e. The minimum Gasteiger partial charge on any atom is -0.457 e. The summed E-state index contributed by atoms with van der Waals surface area (Å²) in [5.41, 5.74) is 6.44. The molecule has 2 aromatic carbocycles. The van der Waals surface area contributed by atoms with Crippen LogP contribution in [0.5, 0.6) is 11.5 Å². The second kappa shape index (κ2) is 8.73. The number of aromatic amines is 1. The third kappa shape index (κ3) is 4.39. The fraction of sp³-hybridized carbons (Fsp3) is 0.273. The van der Waals surface area contributed by atoms with Crippen molar-refractivity contribution in [3.63, 3.8) is 0 Å². The van der Waals surface area contributed by atoms with Gasteiger partial charge in [0.05, 0.1) is 12.1 Å². The summed E-state index contributed by atoms with van der Waals surface area (Å²) < 4.78 is 8.52. The highest BCUT2D eigenvalue weighted by Crippen LogP contribution is 2.34. The number of nitrogens with two attached hydrogens (primary N) is 1. The number of para-hydroxylation sites is 1. The molecule has 0 atom stereocenters. The van der Waals surface area contributed by atoms with Crippen LogP contribution in [0.1, 0.15) is 31.2 Å². The minimum absolute atomic E-state index is 0.0681. The number of aliphatic imine (C=N–C) groups is 1. The molecule has 3 aromatic rings. The molecule has 7 nitrogen and oxygen atoms in total. The lowest BCUT2D eigenvalue weighted by Gasteiger charge is -2.22. The molecule has 4 rings (SSSR count). The van der Waals surface area contributed by atoms with E-state index >= 15 is 0 Å². The van der Waals surface area contributed by atoms with Crippen LogP contribution in [0.25, 0.3) is 0 Å². The van der Waals surface area contributed by atoms with Gasteiger partial charge in [0.15, 0.2) is 0 Å². The number of nitrogens with one attached hydrogen (secondary N) is 2. The molecule has 5 N–H and O–H groups in total. The summed E-state index contributed by atoms with van der Waals surface area (Å²) in [4.78, 5) is 16.9. The van der Waals surface area contributed by atoms with Gasteiger partial charge >= 0.3 is 0 Å². The minimum atomic E-state index is -0.577. The van der Waals surface area contributed by atoms with Crippen molar-refractivity contribution in [1.29, 1.82) is 0 Å². The van der Waals surface area contributed by atoms with Crippen LogP contribution in [-0.4, -0.2) is 27.5 Å². The van der Waals surface area contributed by atoms with Gasteiger partial charge < -0.3 is 20.9 Å². The zero-order valence-electron chi connectivity index (χ0n) is 16.4. The van der Waals surface area contributed by atoms with E-state index in [1.54, 1.807) is 0 Å². The van der Waals surface area contributed by atoms with Crippen molar-refractivity contribution >= 4 is 28.1 Å². The van der Waals surface area contributed by atoms with Crippen LogP contribution in [0, 0.1) is 0 Å². The van der Waals surface area contributed by atoms with Crippen molar-refractivity contribution in [2.45, 2.75) is 31.2 Å². The molecule has 1 fully saturated rings. The number of ether oxygens (including phenoxy) is 1. The molecule has 1 aliphatic carbocycles. The van der Waals surface area contributed by atoms with Gasteiger partial charge in [0.25, 0.3) is 5.56 Å². The summed E-state index contributed by atoms with van der Waals surface area (Å²) in [6, 6.07) is 17.0. The topological polar surface area (TPSA) is 113 Å². The normalized spacial score (nSPS) is 15.8. The summed E-state index contributed by atoms with van der Waals surface area (Å²) in [6.07, 6.45) is 3.55. The average molecular weight is 425 g/mol. The summed E-state index contributed by atoms with van der Waals surface area (Å²) in [7, 11) is 0. The fourth-order valence-electron chi connectivity index (χ4n) is 3.64. The monoisotopic (exact) mass is 424 g/mol. The highest BCUT2D eigenvalue weighted by atomic mass is 32.1. The Morgan fingerprint density at radius 1 is 1.13 bits per heavy atom. The Labute approximate surface area is 178 Å². The molecular formula is C22H24N4O3S. The molecule has 30 heavy (non-hydrogen) atoms. The van der Waals surface area contributed by atoms with Crippen LogP contribution < -0.4 is 21.3 Å². The molecule has 0 radical (unpaired) electrons. The molecule has 0 spiro atoms. The molecule has 0 unspecified atom stereocenters. The van der Waals surface area contributed by atoms with Crippen molar-refractivity contribution < 1.29 is 9.84 Å². The van der Waals surface area contributed by atoms with Crippen molar-refractivity contribution in [1.82, 2.24) is 4.37 Å². The van der Waals surface area contributed by atoms with Crippen molar-refractivity contribution in [2.75, 3.05) is 11.9 Å². The van der Waals surface area contributed by atoms with E-state index < -0.39 is 5.54 Å². The van der Waals surface area contributed by atoms with Crippen molar-refractivity contribution in [3.8, 4) is 11.5 Å². The van der Waals surface area contributed by atoms with Gasteiger partial charge in [0.1, 0.15) is 27.9 Å². The summed E-state index contributed by atoms with van der Waals surface area (Å²) >= 11 is 1.17. The molecule has 1 heterocycles. The maximum Gasteiger partial charge on any atom is 0.271 e. The molecular weight excluding hydrogens is 400 g/mol. The Bertz CT molecular complexity index is 1070. The van der Waals surface area contributed by atoms with Crippen LogP contribution in [0.2, 0.25) is 0 Å². The van der Waals surface area contributed by atoms with E-state index in [0.29, 0.717) is 16.3 Å². The Morgan fingerprint density at radius 3 is 2.47 bits per heavy atom. The predicted octanol–water partition coefficient (Wildman–Crippen LogP) is 3.98. The number of anilines is 2. The van der Waals surface area contributed by atoms with E-state index in [9.17, 15) is 9.90 Å². The third-order valence-electron chi connectivity index (χ3n) is 5.23. The maximum absolute atomic E-state index is 12.4. The SMILES string of the molecule is NC(=NC1(CO)CCCC1)c1c(Nc2ccc(Oc3ccccc3)cc2)s[nH]c1=O. The van der Waals surface area contributed by atoms with E-state index in [2.05, 4.69) is 14.7 Å². The summed E-state index contributed by atoms with van der Waals surface area (Å²) in [5, 5.41) is 13.6. The molecule has 1 saturated carbocycles. The van der Waals surface area contributed by atoms with Gasteiger partial charge in [0.2, 0.25) is 0 Å². The zero-order chi connectivity index (χ0) is 21.0. The van der Waals surface area contributed by atoms with E-state index in [-0.39, 0.29) is 18.0 Å². The van der Waals surface area contributed by atoms with E-state index in [4.69, 9.17) is 10.5 Å². The van der Waals surface area contributed by atoms with E-state index in [1.807, 2.05) is 54.6 Å². The highest BCUT2D eigenvalue weighted by Gasteiger charge is 2.33. The fourth-order valence-corrected chi connectivity index (χ4v) is 4.40. The number of aliphatic hydroxyl groups is 1. The predicted molar refractivity (Wildman–Crippen MR) is 120 cm³/mol. The van der Waals surface area contributed by atoms with Crippen LogP contribution >= 0.6 is 11.5 Å². The van der Waals surface area contributed by atoms with E-state index in [1.165, 1.54) is 11.5 Å². The number of aliphatic hydroxyl groups excluding tert-OH is 1. The standard InChI is InChI=1S/C22H24N4O3S/c23-19(25-22(14-27)12-4-5-13-22)18-20(28)26-30-21(18)24-15-8-10-17(11-9-15)29-16-6-2-1-3-7-16/h1-3,6-11,24,27H,4-5,12-14H2,(H2,23,25)(H,26,28). The lowest BCUT2D eigenvalue weighted by atomic mass is 10.00. The van der Waals surface area contributed by atoms with Crippen molar-refractivity contribution in [2.24, 2.45) is 10.7 Å². The molecule has 1 aromatic heterocycles. The molecule has 0 bridgehead atoms. The smallest absolute Gasteiger partial charge is 0.271 e. The first-order chi connectivity index (χ1) is 14.6. The second-order valence-electron chi connectivity index (χ2n) is 7.39. The van der Waals surface area contributed by atoms with Gasteiger partial charge in [-0.1, -0.05) is 31.0 Å². The first-order valence-corrected chi connectivity index (χ1v) is 10.7. The first-order valence-electron chi connectivity index (χ1n) is 9.87. The lowest BCUT2D eigenvalue weighted by molar-refractivity contribution is 0.201. The van der Waals surface area contributed by atoms with Gasteiger partial charge in [-0.3, -0.25) is 14.2 Å². The van der Waals surface area contributed by atoms with Crippen molar-refractivity contribution in [3.05, 3.63) is 70.5 Å². The number of hydrogen-bond acceptors (Lipinski definition) is 6. The molecule has 1 aliphatic rings. The molecule has 0 amide bonds. The first kappa shape index (κ1) is 20.2. The van der Waals surface area contributed by atoms with Gasteiger partial charge in [-0.2, -0.15) is 0 Å². The number of amidine groups is 1. The third-order valence-corrected chi connectivity index (χ3v) is 6.03.